The fraction of sp³-hybridized carbons (Fsp3) is 0.286. The Bertz CT molecular complexity index is 443. The third-order valence-electron chi connectivity index (χ3n) is 1.64. The Balaban J connectivity index is 3.54. The fourth-order valence-corrected chi connectivity index (χ4v) is 1.06. The van der Waals surface area contributed by atoms with Gasteiger partial charge in [0.1, 0.15) is 0 Å². The van der Waals surface area contributed by atoms with Crippen LogP contribution in [0.1, 0.15) is 12.0 Å². The van der Waals surface area contributed by atoms with Crippen LogP contribution in [0.2, 0.25) is 0 Å². The lowest BCUT2D eigenvalue weighted by Gasteiger charge is -2.06. The molecule has 0 aliphatic carbocycles. The minimum atomic E-state index is -3.10. The second-order valence-corrected chi connectivity index (χ2v) is 2.52. The Labute approximate surface area is 81.6 Å². The number of aromatic amines is 1. The lowest BCUT2D eigenvalue weighted by atomic mass is 10.2. The van der Waals surface area contributed by atoms with Crippen molar-refractivity contribution in [3.63, 3.8) is 0 Å². The van der Waals surface area contributed by atoms with Crippen molar-refractivity contribution in [2.24, 2.45) is 0 Å². The number of aromatic nitrogens is 1. The van der Waals surface area contributed by atoms with Crippen LogP contribution in [0, 0.1) is 10.1 Å². The van der Waals surface area contributed by atoms with Crippen molar-refractivity contribution in [2.75, 3.05) is 7.11 Å². The van der Waals surface area contributed by atoms with E-state index in [-0.39, 0.29) is 0 Å². The molecular weight excluding hydrogens is 214 g/mol. The van der Waals surface area contributed by atoms with Gasteiger partial charge < -0.3 is 4.74 Å². The van der Waals surface area contributed by atoms with Crippen LogP contribution in [0.3, 0.4) is 0 Å². The van der Waals surface area contributed by atoms with Gasteiger partial charge in [-0.15, -0.1) is 0 Å². The molecule has 0 radical (unpaired) electrons. The zero-order valence-corrected chi connectivity index (χ0v) is 7.49. The van der Waals surface area contributed by atoms with Crippen LogP contribution in [-0.4, -0.2) is 17.0 Å². The average Bonchev–Trinajstić information content (AvgIpc) is 2.15. The molecule has 6 nitrogen and oxygen atoms in total. The maximum absolute atomic E-state index is 12.5. The maximum Gasteiger partial charge on any atom is 0.289 e. The quantitative estimate of drug-likeness (QED) is 0.613. The Morgan fingerprint density at radius 3 is 2.60 bits per heavy atom. The number of ether oxygens (including phenoxy) is 1. The molecule has 1 rings (SSSR count). The van der Waals surface area contributed by atoms with E-state index in [1.54, 1.807) is 0 Å². The van der Waals surface area contributed by atoms with Crippen LogP contribution in [0.5, 0.6) is 5.88 Å². The predicted molar refractivity (Wildman–Crippen MR) is 45.2 cm³/mol. The first-order valence-corrected chi connectivity index (χ1v) is 3.71. The number of hydrogen-bond acceptors (Lipinski definition) is 4. The molecule has 0 amide bonds. The van der Waals surface area contributed by atoms with Gasteiger partial charge >= 0.3 is 0 Å². The summed E-state index contributed by atoms with van der Waals surface area (Å²) in [6.45, 7) is 0. The topological polar surface area (TPSA) is 85.2 Å². The number of hydrogen-bond donors (Lipinski definition) is 1. The first-order valence-electron chi connectivity index (χ1n) is 3.71. The molecule has 0 unspecified atom stereocenters. The number of nitro groups is 1. The second-order valence-electron chi connectivity index (χ2n) is 2.52. The van der Waals surface area contributed by atoms with Gasteiger partial charge in [-0.3, -0.25) is 19.9 Å². The third kappa shape index (κ3) is 2.09. The lowest BCUT2D eigenvalue weighted by Crippen LogP contribution is -2.11. The van der Waals surface area contributed by atoms with E-state index in [4.69, 9.17) is 0 Å². The van der Waals surface area contributed by atoms with Crippen molar-refractivity contribution in [2.45, 2.75) is 6.43 Å². The minimum absolute atomic E-state index is 0.490. The molecular formula is C7H6F2N2O4. The Morgan fingerprint density at radius 1 is 1.60 bits per heavy atom. The molecule has 0 aliphatic heterocycles. The highest BCUT2D eigenvalue weighted by atomic mass is 19.3. The first kappa shape index (κ1) is 11.1. The number of alkyl halides is 2. The van der Waals surface area contributed by atoms with Crippen LogP contribution in [0.25, 0.3) is 0 Å². The van der Waals surface area contributed by atoms with Crippen LogP contribution in [0.4, 0.5) is 14.5 Å². The number of halogens is 2. The van der Waals surface area contributed by atoms with Crippen molar-refractivity contribution in [1.29, 1.82) is 0 Å². The molecule has 0 saturated carbocycles. The molecule has 0 aromatic carbocycles. The molecule has 1 aromatic rings. The standard InChI is InChI=1S/C7H6F2N2O4/c1-15-7-5(6(8)9)3(11(13)14)2-4(12)10-7/h2,6H,1H3,(H,10,12). The Morgan fingerprint density at radius 2 is 2.20 bits per heavy atom. The van der Waals surface area contributed by atoms with Gasteiger partial charge in [-0.1, -0.05) is 0 Å². The van der Waals surface area contributed by atoms with E-state index < -0.39 is 34.0 Å². The lowest BCUT2D eigenvalue weighted by molar-refractivity contribution is -0.386. The number of nitrogens with one attached hydrogen (secondary N) is 1. The van der Waals surface area contributed by atoms with E-state index in [1.807, 2.05) is 4.98 Å². The summed E-state index contributed by atoms with van der Waals surface area (Å²) in [4.78, 5) is 22.2. The van der Waals surface area contributed by atoms with Gasteiger partial charge in [0.05, 0.1) is 18.1 Å². The molecule has 0 aliphatic rings. The average molecular weight is 220 g/mol. The van der Waals surface area contributed by atoms with Gasteiger partial charge in [0.25, 0.3) is 17.7 Å². The fourth-order valence-electron chi connectivity index (χ4n) is 1.06. The zero-order valence-electron chi connectivity index (χ0n) is 7.49. The predicted octanol–water partition coefficient (Wildman–Crippen LogP) is 1.23. The van der Waals surface area contributed by atoms with Crippen LogP contribution < -0.4 is 10.3 Å². The summed E-state index contributed by atoms with van der Waals surface area (Å²) in [5.41, 5.74) is -2.75. The van der Waals surface area contributed by atoms with Gasteiger partial charge in [-0.2, -0.15) is 0 Å². The Kier molecular flexibility index (Phi) is 2.98. The summed E-state index contributed by atoms with van der Waals surface area (Å²) < 4.78 is 29.4. The molecule has 1 heterocycles. The Hall–Kier alpha value is -1.99. The highest BCUT2D eigenvalue weighted by Crippen LogP contribution is 2.33. The van der Waals surface area contributed by atoms with Gasteiger partial charge in [0, 0.05) is 0 Å². The largest absolute Gasteiger partial charge is 0.482 e. The molecule has 1 N–H and O–H groups in total. The number of H-pyrrole nitrogens is 1. The van der Waals surface area contributed by atoms with E-state index in [1.165, 1.54) is 0 Å². The van der Waals surface area contributed by atoms with Crippen LogP contribution >= 0.6 is 0 Å². The molecule has 82 valence electrons. The summed E-state index contributed by atoms with van der Waals surface area (Å²) in [5.74, 6) is -0.593. The van der Waals surface area contributed by atoms with Gasteiger partial charge in [0.2, 0.25) is 5.88 Å². The van der Waals surface area contributed by atoms with Gasteiger partial charge in [-0.25, -0.2) is 8.78 Å². The normalized spacial score (nSPS) is 10.4. The summed E-state index contributed by atoms with van der Waals surface area (Å²) in [6.07, 6.45) is -3.10. The smallest absolute Gasteiger partial charge is 0.289 e. The SMILES string of the molecule is COc1[nH]c(=O)cc([N+](=O)[O-])c1C(F)F. The molecule has 0 spiro atoms. The molecule has 0 bridgehead atoms. The van der Waals surface area contributed by atoms with E-state index in [0.717, 1.165) is 7.11 Å². The van der Waals surface area contributed by atoms with Crippen molar-refractivity contribution >= 4 is 5.69 Å². The van der Waals surface area contributed by atoms with Gasteiger partial charge in [-0.05, 0) is 0 Å². The molecule has 15 heavy (non-hydrogen) atoms. The molecule has 0 atom stereocenters. The second kappa shape index (κ2) is 4.03. The summed E-state index contributed by atoms with van der Waals surface area (Å²) in [6, 6.07) is 0.490. The van der Waals surface area contributed by atoms with Crippen LogP contribution in [0.15, 0.2) is 10.9 Å². The summed E-state index contributed by atoms with van der Waals surface area (Å²) >= 11 is 0. The molecule has 0 saturated heterocycles. The van der Waals surface area contributed by atoms with Crippen molar-refractivity contribution < 1.29 is 18.4 Å². The first-order chi connectivity index (χ1) is 6.97. The zero-order chi connectivity index (χ0) is 11.6. The van der Waals surface area contributed by atoms with Crippen molar-refractivity contribution in [1.82, 2.24) is 4.98 Å². The third-order valence-corrected chi connectivity index (χ3v) is 1.64. The molecule has 1 aromatic heterocycles. The summed E-state index contributed by atoms with van der Waals surface area (Å²) in [7, 11) is 1.03. The number of pyridine rings is 1. The summed E-state index contributed by atoms with van der Waals surface area (Å²) in [5, 5.41) is 10.4. The molecule has 0 fully saturated rings. The molecule has 8 heteroatoms. The highest BCUT2D eigenvalue weighted by molar-refractivity contribution is 5.45. The van der Waals surface area contributed by atoms with Crippen molar-refractivity contribution in [3.8, 4) is 5.88 Å². The van der Waals surface area contributed by atoms with Crippen molar-refractivity contribution in [3.05, 3.63) is 32.1 Å². The monoisotopic (exact) mass is 220 g/mol. The van der Waals surface area contributed by atoms with Crippen LogP contribution in [-0.2, 0) is 0 Å². The minimum Gasteiger partial charge on any atom is -0.482 e. The van der Waals surface area contributed by atoms with E-state index in [9.17, 15) is 23.7 Å². The van der Waals surface area contributed by atoms with E-state index in [0.29, 0.717) is 6.07 Å². The van der Waals surface area contributed by atoms with E-state index >= 15 is 0 Å². The van der Waals surface area contributed by atoms with Gasteiger partial charge in [0.15, 0.2) is 5.56 Å². The highest BCUT2D eigenvalue weighted by Gasteiger charge is 2.27. The number of methoxy groups -OCH3 is 1. The number of rotatable bonds is 3. The number of nitrogens with zero attached hydrogens (tertiary/aromatic N) is 1. The maximum atomic E-state index is 12.5. The van der Waals surface area contributed by atoms with E-state index in [2.05, 4.69) is 4.74 Å².